The Morgan fingerprint density at radius 3 is 1.08 bits per heavy atom. The molecule has 2 amide bonds. The summed E-state index contributed by atoms with van der Waals surface area (Å²) in [6.07, 6.45) is 70.4. The fourth-order valence-electron chi connectivity index (χ4n) is 6.50. The van der Waals surface area contributed by atoms with Gasteiger partial charge in [-0.1, -0.05) is 281 Å². The second-order valence-corrected chi connectivity index (χ2v) is 15.5. The number of amides is 2. The Hall–Kier alpha value is -5.29. The highest BCUT2D eigenvalue weighted by Gasteiger charge is 2.32. The van der Waals surface area contributed by atoms with Gasteiger partial charge in [0.15, 0.2) is 0 Å². The highest BCUT2D eigenvalue weighted by atomic mass is 16.4. The molecule has 5 nitrogen and oxygen atoms in total. The first kappa shape index (κ1) is 54.7. The van der Waals surface area contributed by atoms with Crippen molar-refractivity contribution >= 4 is 17.8 Å². The first-order chi connectivity index (χ1) is 30.5. The van der Waals surface area contributed by atoms with Crippen molar-refractivity contribution in [2.75, 3.05) is 0 Å². The third-order valence-corrected chi connectivity index (χ3v) is 10.0. The van der Waals surface area contributed by atoms with E-state index in [-0.39, 0.29) is 6.42 Å². The van der Waals surface area contributed by atoms with E-state index in [4.69, 9.17) is 0 Å². The molecule has 0 unspecified atom stereocenters. The third kappa shape index (κ3) is 33.4. The van der Waals surface area contributed by atoms with E-state index < -0.39 is 23.8 Å². The van der Waals surface area contributed by atoms with Gasteiger partial charge in [-0.15, -0.1) is 0 Å². The molecule has 1 atom stereocenters. The van der Waals surface area contributed by atoms with Crippen molar-refractivity contribution in [3.05, 3.63) is 182 Å². The van der Waals surface area contributed by atoms with Crippen molar-refractivity contribution in [2.45, 2.75) is 155 Å². The number of carboxylic acid groups (broad SMARTS) is 1. The number of allylic oxidation sites excluding steroid dienone is 22. The molecule has 1 aromatic rings. The summed E-state index contributed by atoms with van der Waals surface area (Å²) in [5, 5.41) is 10.1. The van der Waals surface area contributed by atoms with Crippen LogP contribution in [0, 0.1) is 0 Å². The van der Waals surface area contributed by atoms with E-state index >= 15 is 0 Å². The molecule has 1 rings (SSSR count). The van der Waals surface area contributed by atoms with Crippen molar-refractivity contribution in [1.29, 1.82) is 0 Å². The topological polar surface area (TPSA) is 74.7 Å². The van der Waals surface area contributed by atoms with Gasteiger partial charge in [0.1, 0.15) is 6.04 Å². The maximum atomic E-state index is 13.3. The standard InChI is InChI=1S/C57H79NO4/c1-3-5-7-9-11-13-15-17-19-21-23-25-27-29-31-33-35-37-39-41-46-50-55(59)58(54(57(61)62)52-53-48-44-43-45-49-53)56(60)51-47-42-40-38-36-34-32-30-28-26-24-22-20-18-16-14-12-10-8-6-4-2/h23-51,54H,3-22,52H2,1-2H3,(H,61,62)/t54-/m0/s1. The van der Waals surface area contributed by atoms with Crippen LogP contribution in [0.4, 0.5) is 0 Å². The molecule has 0 spiro atoms. The van der Waals surface area contributed by atoms with E-state index in [1.54, 1.807) is 48.6 Å². The first-order valence-corrected chi connectivity index (χ1v) is 23.6. The van der Waals surface area contributed by atoms with Crippen LogP contribution in [-0.2, 0) is 20.8 Å². The number of nitrogens with zero attached hydrogens (tertiary/aromatic N) is 1. The van der Waals surface area contributed by atoms with Gasteiger partial charge in [0.05, 0.1) is 0 Å². The number of unbranched alkanes of at least 4 members (excludes halogenated alkanes) is 18. The van der Waals surface area contributed by atoms with Crippen LogP contribution < -0.4 is 0 Å². The van der Waals surface area contributed by atoms with Gasteiger partial charge < -0.3 is 5.11 Å². The zero-order valence-corrected chi connectivity index (χ0v) is 38.3. The Morgan fingerprint density at radius 2 is 0.742 bits per heavy atom. The molecule has 0 heterocycles. The number of hydrogen-bond acceptors (Lipinski definition) is 3. The summed E-state index contributed by atoms with van der Waals surface area (Å²) in [7, 11) is 0. The maximum absolute atomic E-state index is 13.3. The smallest absolute Gasteiger partial charge is 0.327 e. The lowest BCUT2D eigenvalue weighted by Crippen LogP contribution is -2.48. The van der Waals surface area contributed by atoms with Crippen molar-refractivity contribution < 1.29 is 19.5 Å². The van der Waals surface area contributed by atoms with Crippen LogP contribution in [0.2, 0.25) is 0 Å². The zero-order chi connectivity index (χ0) is 44.8. The highest BCUT2D eigenvalue weighted by molar-refractivity contribution is 6.07. The molecule has 1 N–H and O–H groups in total. The summed E-state index contributed by atoms with van der Waals surface area (Å²) < 4.78 is 0. The van der Waals surface area contributed by atoms with Crippen molar-refractivity contribution in [3.8, 4) is 0 Å². The quantitative estimate of drug-likeness (QED) is 0.0415. The van der Waals surface area contributed by atoms with Gasteiger partial charge in [-0.2, -0.15) is 0 Å². The van der Waals surface area contributed by atoms with Crippen LogP contribution >= 0.6 is 0 Å². The number of imide groups is 1. The SMILES string of the molecule is CCCCCCCCCCCC=CC=CC=CC=CC=CC=CC(=O)N(C(=O)C=CC=CC=CC=CC=CC=CCCCCCCCCCCC)[C@@H](Cc1ccccc1)C(=O)O. The minimum absolute atomic E-state index is 0.0156. The van der Waals surface area contributed by atoms with Crippen LogP contribution in [0.15, 0.2) is 176 Å². The minimum atomic E-state index is -1.38. The van der Waals surface area contributed by atoms with Gasteiger partial charge in [-0.05, 0) is 31.2 Å². The van der Waals surface area contributed by atoms with Crippen LogP contribution in [0.5, 0.6) is 0 Å². The Kier molecular flexibility index (Phi) is 37.4. The summed E-state index contributed by atoms with van der Waals surface area (Å²) in [6.45, 7) is 4.52. The van der Waals surface area contributed by atoms with E-state index in [0.29, 0.717) is 5.56 Å². The molecule has 0 aromatic heterocycles. The van der Waals surface area contributed by atoms with Crippen LogP contribution in [0.25, 0.3) is 0 Å². The molecular weight excluding hydrogens is 763 g/mol. The Morgan fingerprint density at radius 1 is 0.435 bits per heavy atom. The van der Waals surface area contributed by atoms with Gasteiger partial charge >= 0.3 is 5.97 Å². The first-order valence-electron chi connectivity index (χ1n) is 23.6. The van der Waals surface area contributed by atoms with E-state index in [9.17, 15) is 19.5 Å². The maximum Gasteiger partial charge on any atom is 0.327 e. The van der Waals surface area contributed by atoms with Crippen LogP contribution in [0.1, 0.15) is 148 Å². The molecule has 0 aliphatic carbocycles. The second kappa shape index (κ2) is 42.4. The highest BCUT2D eigenvalue weighted by Crippen LogP contribution is 2.14. The predicted octanol–water partition coefficient (Wildman–Crippen LogP) is 15.6. The number of carbonyl (C=O) groups excluding carboxylic acids is 2. The average molecular weight is 842 g/mol. The summed E-state index contributed by atoms with van der Waals surface area (Å²) in [5.41, 5.74) is 0.703. The fourth-order valence-corrected chi connectivity index (χ4v) is 6.50. The molecule has 336 valence electrons. The van der Waals surface area contributed by atoms with Gasteiger partial charge in [0, 0.05) is 18.6 Å². The van der Waals surface area contributed by atoms with Gasteiger partial charge in [0.25, 0.3) is 11.8 Å². The summed E-state index contributed by atoms with van der Waals surface area (Å²) in [4.78, 5) is 39.9. The number of carbonyl (C=O) groups is 3. The zero-order valence-electron chi connectivity index (χ0n) is 38.3. The van der Waals surface area contributed by atoms with Gasteiger partial charge in [-0.25, -0.2) is 4.79 Å². The lowest BCUT2D eigenvalue weighted by molar-refractivity contribution is -0.154. The monoisotopic (exact) mass is 842 g/mol. The van der Waals surface area contributed by atoms with E-state index in [1.807, 2.05) is 79.0 Å². The largest absolute Gasteiger partial charge is 0.480 e. The third-order valence-electron chi connectivity index (χ3n) is 10.0. The lowest BCUT2D eigenvalue weighted by atomic mass is 10.0. The summed E-state index contributed by atoms with van der Waals surface area (Å²) in [6, 6.07) is 7.59. The molecule has 0 bridgehead atoms. The van der Waals surface area contributed by atoms with E-state index in [1.165, 1.54) is 140 Å². The number of benzene rings is 1. The van der Waals surface area contributed by atoms with Crippen molar-refractivity contribution in [3.63, 3.8) is 0 Å². The van der Waals surface area contributed by atoms with Crippen molar-refractivity contribution in [2.24, 2.45) is 0 Å². The Bertz CT molecular complexity index is 1570. The van der Waals surface area contributed by atoms with Gasteiger partial charge in [-0.3, -0.25) is 14.5 Å². The number of aliphatic carboxylic acids is 1. The average Bonchev–Trinajstić information content (AvgIpc) is 3.27. The molecule has 0 aliphatic rings. The fraction of sp³-hybridized carbons (Fsp3) is 0.421. The molecule has 1 aromatic carbocycles. The molecule has 0 fully saturated rings. The molecule has 5 heteroatoms. The predicted molar refractivity (Wildman–Crippen MR) is 267 cm³/mol. The summed E-state index contributed by atoms with van der Waals surface area (Å²) in [5.74, 6) is -2.69. The van der Waals surface area contributed by atoms with Gasteiger partial charge in [0.2, 0.25) is 0 Å². The second-order valence-electron chi connectivity index (χ2n) is 15.5. The normalized spacial score (nSPS) is 13.5. The number of carboxylic acids is 1. The molecular formula is C57H79NO4. The molecule has 62 heavy (non-hydrogen) atoms. The molecule has 0 radical (unpaired) electrons. The minimum Gasteiger partial charge on any atom is -0.480 e. The molecule has 0 saturated carbocycles. The number of rotatable bonds is 36. The van der Waals surface area contributed by atoms with Crippen LogP contribution in [-0.4, -0.2) is 33.8 Å². The van der Waals surface area contributed by atoms with E-state index in [0.717, 1.165) is 17.7 Å². The lowest BCUT2D eigenvalue weighted by Gasteiger charge is -2.25. The van der Waals surface area contributed by atoms with Crippen molar-refractivity contribution in [1.82, 2.24) is 4.90 Å². The Labute approximate surface area is 377 Å². The summed E-state index contributed by atoms with van der Waals surface area (Å²) >= 11 is 0. The van der Waals surface area contributed by atoms with Crippen LogP contribution in [0.3, 0.4) is 0 Å². The molecule has 0 aliphatic heterocycles. The Balaban J connectivity index is 2.60. The molecule has 0 saturated heterocycles. The van der Waals surface area contributed by atoms with E-state index in [2.05, 4.69) is 38.2 Å². The number of hydrogen-bond donors (Lipinski definition) is 1.